The highest BCUT2D eigenvalue weighted by Crippen LogP contribution is 2.19. The first-order valence-corrected chi connectivity index (χ1v) is 3.60. The Bertz CT molecular complexity index is 336. The Labute approximate surface area is 74.9 Å². The first-order chi connectivity index (χ1) is 5.63. The van der Waals surface area contributed by atoms with Crippen LogP contribution in [0.1, 0.15) is 5.56 Å². The molecular weight excluding hydrogens is 176 g/mol. The molecule has 1 aromatic heterocycles. The minimum atomic E-state index is -0.593. The lowest BCUT2D eigenvalue weighted by Gasteiger charge is -2.01. The second kappa shape index (κ2) is 3.36. The minimum absolute atomic E-state index is 0.174. The van der Waals surface area contributed by atoms with Crippen LogP contribution in [0.3, 0.4) is 0 Å². The second-order valence-corrected chi connectivity index (χ2v) is 2.54. The van der Waals surface area contributed by atoms with Crippen LogP contribution in [0.2, 0.25) is 5.15 Å². The Hall–Kier alpha value is -1.35. The quantitative estimate of drug-likeness (QED) is 0.553. The van der Waals surface area contributed by atoms with Crippen LogP contribution in [0.5, 0.6) is 0 Å². The number of rotatable bonds is 2. The van der Waals surface area contributed by atoms with Gasteiger partial charge in [0.2, 0.25) is 5.91 Å². The van der Waals surface area contributed by atoms with E-state index in [-0.39, 0.29) is 10.7 Å². The van der Waals surface area contributed by atoms with Gasteiger partial charge in [-0.1, -0.05) is 18.2 Å². The van der Waals surface area contributed by atoms with Crippen LogP contribution in [-0.2, 0) is 4.79 Å². The maximum Gasteiger partial charge on any atom is 0.248 e. The lowest BCUT2D eigenvalue weighted by molar-refractivity contribution is -0.112. The van der Waals surface area contributed by atoms with Gasteiger partial charge in [-0.05, 0) is 12.1 Å². The molecular formula is C8H7ClN2O. The first-order valence-electron chi connectivity index (χ1n) is 3.22. The fraction of sp³-hybridized carbons (Fsp3) is 0. The van der Waals surface area contributed by atoms with Gasteiger partial charge in [-0.15, -0.1) is 0 Å². The summed E-state index contributed by atoms with van der Waals surface area (Å²) in [6.07, 6.45) is 1.53. The largest absolute Gasteiger partial charge is 0.366 e. The highest BCUT2D eigenvalue weighted by molar-refractivity contribution is 6.33. The van der Waals surface area contributed by atoms with Crippen LogP contribution in [0.15, 0.2) is 24.9 Å². The van der Waals surface area contributed by atoms with Gasteiger partial charge in [0.25, 0.3) is 0 Å². The monoisotopic (exact) mass is 182 g/mol. The summed E-state index contributed by atoms with van der Waals surface area (Å²) >= 11 is 5.68. The summed E-state index contributed by atoms with van der Waals surface area (Å²) < 4.78 is 0. The Balaban J connectivity index is 3.11. The van der Waals surface area contributed by atoms with E-state index in [4.69, 9.17) is 17.3 Å². The number of halogens is 1. The number of hydrogen-bond donors (Lipinski definition) is 1. The average Bonchev–Trinajstić information content (AvgIpc) is 2.04. The molecule has 4 heteroatoms. The van der Waals surface area contributed by atoms with Crippen LogP contribution >= 0.6 is 11.6 Å². The molecule has 0 bridgehead atoms. The van der Waals surface area contributed by atoms with Crippen LogP contribution in [-0.4, -0.2) is 10.9 Å². The molecule has 1 aromatic rings. The molecule has 0 spiro atoms. The van der Waals surface area contributed by atoms with Crippen molar-refractivity contribution in [1.29, 1.82) is 0 Å². The number of carbonyl (C=O) groups excluding carboxylic acids is 1. The van der Waals surface area contributed by atoms with Crippen LogP contribution < -0.4 is 5.73 Å². The van der Waals surface area contributed by atoms with Gasteiger partial charge < -0.3 is 5.73 Å². The van der Waals surface area contributed by atoms with Gasteiger partial charge >= 0.3 is 0 Å². The van der Waals surface area contributed by atoms with Gasteiger partial charge in [-0.25, -0.2) is 4.98 Å². The van der Waals surface area contributed by atoms with E-state index in [9.17, 15) is 4.79 Å². The Morgan fingerprint density at radius 3 is 2.83 bits per heavy atom. The normalized spacial score (nSPS) is 9.42. The van der Waals surface area contributed by atoms with Gasteiger partial charge in [-0.3, -0.25) is 4.79 Å². The van der Waals surface area contributed by atoms with Crippen molar-refractivity contribution in [1.82, 2.24) is 4.98 Å². The molecule has 0 saturated heterocycles. The van der Waals surface area contributed by atoms with Crippen molar-refractivity contribution < 1.29 is 4.79 Å². The molecule has 0 aliphatic rings. The standard InChI is InChI=1S/C8H7ClN2O/c1-5(8(10)12)6-3-2-4-11-7(6)9/h2-4H,1H2,(H2,10,12). The van der Waals surface area contributed by atoms with E-state index in [1.807, 2.05) is 0 Å². The third-order valence-electron chi connectivity index (χ3n) is 1.38. The van der Waals surface area contributed by atoms with Crippen LogP contribution in [0.25, 0.3) is 5.57 Å². The van der Waals surface area contributed by atoms with Crippen molar-refractivity contribution in [2.75, 3.05) is 0 Å². The zero-order valence-corrected chi connectivity index (χ0v) is 7.01. The van der Waals surface area contributed by atoms with Gasteiger partial charge in [0.15, 0.2) is 0 Å². The van der Waals surface area contributed by atoms with E-state index >= 15 is 0 Å². The van der Waals surface area contributed by atoms with Crippen LogP contribution in [0.4, 0.5) is 0 Å². The molecule has 0 aromatic carbocycles. The number of hydrogen-bond acceptors (Lipinski definition) is 2. The number of primary amides is 1. The Kier molecular flexibility index (Phi) is 2.45. The van der Waals surface area contributed by atoms with Gasteiger partial charge in [-0.2, -0.15) is 0 Å². The molecule has 0 atom stereocenters. The summed E-state index contributed by atoms with van der Waals surface area (Å²) in [7, 11) is 0. The maximum absolute atomic E-state index is 10.7. The number of pyridine rings is 1. The summed E-state index contributed by atoms with van der Waals surface area (Å²) in [5.41, 5.74) is 5.66. The molecule has 0 fully saturated rings. The molecule has 0 unspecified atom stereocenters. The smallest absolute Gasteiger partial charge is 0.248 e. The lowest BCUT2D eigenvalue weighted by atomic mass is 10.1. The number of amides is 1. The number of nitrogens with zero attached hydrogens (tertiary/aromatic N) is 1. The molecule has 0 radical (unpaired) electrons. The maximum atomic E-state index is 10.7. The predicted molar refractivity (Wildman–Crippen MR) is 47.5 cm³/mol. The zero-order chi connectivity index (χ0) is 9.14. The molecule has 1 amide bonds. The fourth-order valence-electron chi connectivity index (χ4n) is 0.744. The highest BCUT2D eigenvalue weighted by atomic mass is 35.5. The second-order valence-electron chi connectivity index (χ2n) is 2.18. The molecule has 12 heavy (non-hydrogen) atoms. The SMILES string of the molecule is C=C(C(N)=O)c1cccnc1Cl. The van der Waals surface area contributed by atoms with E-state index in [0.717, 1.165) is 0 Å². The van der Waals surface area contributed by atoms with Crippen LogP contribution in [0, 0.1) is 0 Å². The van der Waals surface area contributed by atoms with Gasteiger partial charge in [0.1, 0.15) is 5.15 Å². The van der Waals surface area contributed by atoms with Crippen molar-refractivity contribution in [3.8, 4) is 0 Å². The first kappa shape index (κ1) is 8.74. The van der Waals surface area contributed by atoms with Crippen molar-refractivity contribution in [3.63, 3.8) is 0 Å². The van der Waals surface area contributed by atoms with Gasteiger partial charge in [0.05, 0.1) is 0 Å². The number of carbonyl (C=O) groups is 1. The van der Waals surface area contributed by atoms with Crippen molar-refractivity contribution in [2.24, 2.45) is 5.73 Å². The number of aromatic nitrogens is 1. The summed E-state index contributed by atoms with van der Waals surface area (Å²) in [5, 5.41) is 0.237. The Morgan fingerprint density at radius 2 is 2.33 bits per heavy atom. The summed E-state index contributed by atoms with van der Waals surface area (Å²) in [4.78, 5) is 14.5. The predicted octanol–water partition coefficient (Wildman–Crippen LogP) is 1.23. The van der Waals surface area contributed by atoms with Crippen molar-refractivity contribution in [2.45, 2.75) is 0 Å². The molecule has 3 nitrogen and oxygen atoms in total. The molecule has 1 heterocycles. The molecule has 0 saturated carbocycles. The fourth-order valence-corrected chi connectivity index (χ4v) is 0.977. The van der Waals surface area contributed by atoms with E-state index in [1.54, 1.807) is 12.1 Å². The Morgan fingerprint density at radius 1 is 1.67 bits per heavy atom. The van der Waals surface area contributed by atoms with Crippen molar-refractivity contribution in [3.05, 3.63) is 35.6 Å². The van der Waals surface area contributed by atoms with E-state index < -0.39 is 5.91 Å². The summed E-state index contributed by atoms with van der Waals surface area (Å²) in [5.74, 6) is -0.593. The average molecular weight is 183 g/mol. The molecule has 2 N–H and O–H groups in total. The summed E-state index contributed by atoms with van der Waals surface area (Å²) in [6, 6.07) is 3.30. The molecule has 0 aliphatic heterocycles. The zero-order valence-electron chi connectivity index (χ0n) is 6.25. The van der Waals surface area contributed by atoms with E-state index in [2.05, 4.69) is 11.6 Å². The minimum Gasteiger partial charge on any atom is -0.366 e. The third-order valence-corrected chi connectivity index (χ3v) is 1.68. The topological polar surface area (TPSA) is 56.0 Å². The van der Waals surface area contributed by atoms with E-state index in [0.29, 0.717) is 5.56 Å². The van der Waals surface area contributed by atoms with Crippen molar-refractivity contribution >= 4 is 23.1 Å². The number of nitrogens with two attached hydrogens (primary N) is 1. The lowest BCUT2D eigenvalue weighted by Crippen LogP contribution is -2.12. The highest BCUT2D eigenvalue weighted by Gasteiger charge is 2.08. The van der Waals surface area contributed by atoms with E-state index in [1.165, 1.54) is 6.20 Å². The molecule has 0 aliphatic carbocycles. The molecule has 1 rings (SSSR count). The third kappa shape index (κ3) is 1.62. The molecule has 62 valence electrons. The summed E-state index contributed by atoms with van der Waals surface area (Å²) in [6.45, 7) is 3.49. The van der Waals surface area contributed by atoms with Gasteiger partial charge in [0, 0.05) is 17.3 Å².